The first-order valence-corrected chi connectivity index (χ1v) is 15.8. The van der Waals surface area contributed by atoms with Crippen LogP contribution in [0.4, 0.5) is 0 Å². The normalized spacial score (nSPS) is 11.4. The first-order chi connectivity index (χ1) is 13.7. The molecule has 0 bridgehead atoms. The van der Waals surface area contributed by atoms with Crippen LogP contribution in [0, 0.1) is 10.8 Å². The fourth-order valence-corrected chi connectivity index (χ4v) is 8.93. The maximum absolute atomic E-state index is 6.75. The SMILES string of the molecule is CCCC[Si](CCCC)(CCCC)OCCCCCCCCCCCC#CBr. The lowest BCUT2D eigenvalue weighted by Gasteiger charge is -2.32. The fraction of sp³-hybridized carbons (Fsp3) is 0.920. The Labute approximate surface area is 187 Å². The Bertz CT molecular complexity index is 353. The van der Waals surface area contributed by atoms with Crippen molar-refractivity contribution in [1.29, 1.82) is 0 Å². The third-order valence-electron chi connectivity index (χ3n) is 5.88. The summed E-state index contributed by atoms with van der Waals surface area (Å²) >= 11 is 3.15. The van der Waals surface area contributed by atoms with Gasteiger partial charge in [0.25, 0.3) is 0 Å². The second-order valence-electron chi connectivity index (χ2n) is 8.55. The van der Waals surface area contributed by atoms with E-state index < -0.39 is 8.32 Å². The van der Waals surface area contributed by atoms with Gasteiger partial charge in [0.15, 0.2) is 8.32 Å². The molecule has 0 unspecified atom stereocenters. The zero-order valence-corrected chi connectivity index (χ0v) is 22.0. The van der Waals surface area contributed by atoms with Gasteiger partial charge in [-0.2, -0.15) is 0 Å². The van der Waals surface area contributed by atoms with E-state index >= 15 is 0 Å². The summed E-state index contributed by atoms with van der Waals surface area (Å²) < 4.78 is 6.75. The second-order valence-corrected chi connectivity index (χ2v) is 13.1. The van der Waals surface area contributed by atoms with Crippen LogP contribution in [0.15, 0.2) is 0 Å². The van der Waals surface area contributed by atoms with Gasteiger partial charge >= 0.3 is 0 Å². The lowest BCUT2D eigenvalue weighted by molar-refractivity contribution is 0.282. The molecule has 0 aromatic heterocycles. The van der Waals surface area contributed by atoms with Gasteiger partial charge in [-0.3, -0.25) is 0 Å². The fourth-order valence-electron chi connectivity index (χ4n) is 3.98. The highest BCUT2D eigenvalue weighted by atomic mass is 79.9. The first kappa shape index (κ1) is 28.2. The largest absolute Gasteiger partial charge is 0.417 e. The molecule has 0 atom stereocenters. The summed E-state index contributed by atoms with van der Waals surface area (Å²) in [5.41, 5.74) is 0. The average Bonchev–Trinajstić information content (AvgIpc) is 2.72. The third-order valence-corrected chi connectivity index (χ3v) is 10.8. The van der Waals surface area contributed by atoms with E-state index in [0.29, 0.717) is 0 Å². The minimum atomic E-state index is -1.47. The van der Waals surface area contributed by atoms with Crippen molar-refractivity contribution < 1.29 is 4.43 Å². The van der Waals surface area contributed by atoms with Crippen LogP contribution >= 0.6 is 15.9 Å². The predicted molar refractivity (Wildman–Crippen MR) is 134 cm³/mol. The minimum absolute atomic E-state index is 1.04. The molecule has 0 rings (SSSR count). The maximum atomic E-state index is 6.75. The van der Waals surface area contributed by atoms with Crippen molar-refractivity contribution >= 4 is 24.2 Å². The molecule has 0 aliphatic rings. The Hall–Kier alpha value is 0.217. The highest BCUT2D eigenvalue weighted by molar-refractivity contribution is 9.12. The maximum Gasteiger partial charge on any atom is 0.192 e. The second kappa shape index (κ2) is 21.9. The van der Waals surface area contributed by atoms with Crippen molar-refractivity contribution in [1.82, 2.24) is 0 Å². The van der Waals surface area contributed by atoms with Gasteiger partial charge in [-0.15, -0.1) is 0 Å². The molecule has 0 heterocycles. The Morgan fingerprint density at radius 1 is 0.607 bits per heavy atom. The monoisotopic (exact) mass is 472 g/mol. The molecule has 1 nitrogen and oxygen atoms in total. The lowest BCUT2D eigenvalue weighted by Crippen LogP contribution is -2.38. The summed E-state index contributed by atoms with van der Waals surface area (Å²) in [6.45, 7) is 8.03. The van der Waals surface area contributed by atoms with Crippen LogP contribution in [0.1, 0.15) is 124 Å². The lowest BCUT2D eigenvalue weighted by atomic mass is 10.1. The topological polar surface area (TPSA) is 9.23 Å². The van der Waals surface area contributed by atoms with E-state index in [4.69, 9.17) is 4.43 Å². The molecule has 28 heavy (non-hydrogen) atoms. The summed E-state index contributed by atoms with van der Waals surface area (Å²) in [4.78, 5) is 2.80. The van der Waals surface area contributed by atoms with Crippen molar-refractivity contribution in [3.63, 3.8) is 0 Å². The molecule has 0 radical (unpaired) electrons. The first-order valence-electron chi connectivity index (χ1n) is 12.5. The van der Waals surface area contributed by atoms with E-state index in [1.165, 1.54) is 114 Å². The van der Waals surface area contributed by atoms with E-state index in [0.717, 1.165) is 13.0 Å². The van der Waals surface area contributed by atoms with E-state index in [1.807, 2.05) is 0 Å². The zero-order valence-electron chi connectivity index (χ0n) is 19.4. The summed E-state index contributed by atoms with van der Waals surface area (Å²) in [6.07, 6.45) is 21.4. The van der Waals surface area contributed by atoms with E-state index in [2.05, 4.69) is 47.5 Å². The van der Waals surface area contributed by atoms with Crippen LogP contribution in [-0.2, 0) is 4.43 Å². The zero-order chi connectivity index (χ0) is 20.8. The molecule has 0 amide bonds. The number of halogens is 1. The van der Waals surface area contributed by atoms with Gasteiger partial charge in [0, 0.05) is 29.0 Å². The third kappa shape index (κ3) is 17.1. The Kier molecular flexibility index (Phi) is 22.1. The van der Waals surface area contributed by atoms with E-state index in [9.17, 15) is 0 Å². The number of hydrogen-bond acceptors (Lipinski definition) is 1. The Morgan fingerprint density at radius 3 is 1.46 bits per heavy atom. The van der Waals surface area contributed by atoms with Gasteiger partial charge in [-0.1, -0.05) is 110 Å². The van der Waals surface area contributed by atoms with Gasteiger partial charge < -0.3 is 4.43 Å². The van der Waals surface area contributed by atoms with Gasteiger partial charge in [0.05, 0.1) is 0 Å². The molecule has 0 N–H and O–H groups in total. The van der Waals surface area contributed by atoms with E-state index in [-0.39, 0.29) is 0 Å². The van der Waals surface area contributed by atoms with Gasteiger partial charge in [-0.05, 0) is 35.8 Å². The van der Waals surface area contributed by atoms with Crippen molar-refractivity contribution in [3.8, 4) is 10.8 Å². The molecule has 0 saturated heterocycles. The van der Waals surface area contributed by atoms with Crippen molar-refractivity contribution in [3.05, 3.63) is 0 Å². The van der Waals surface area contributed by atoms with E-state index in [1.54, 1.807) is 0 Å². The molecular formula is C25H49BrOSi. The molecule has 166 valence electrons. The van der Waals surface area contributed by atoms with Crippen LogP contribution in [0.2, 0.25) is 18.1 Å². The average molecular weight is 474 g/mol. The molecule has 0 fully saturated rings. The van der Waals surface area contributed by atoms with Gasteiger partial charge in [0.1, 0.15) is 0 Å². The molecule has 0 spiro atoms. The molecule has 0 saturated carbocycles. The van der Waals surface area contributed by atoms with Crippen LogP contribution < -0.4 is 0 Å². The molecule has 0 aliphatic carbocycles. The molecular weight excluding hydrogens is 424 g/mol. The van der Waals surface area contributed by atoms with Crippen molar-refractivity contribution in [2.45, 2.75) is 142 Å². The minimum Gasteiger partial charge on any atom is -0.417 e. The summed E-state index contributed by atoms with van der Waals surface area (Å²) in [5, 5.41) is 0. The molecule has 0 aromatic rings. The van der Waals surface area contributed by atoms with Crippen LogP contribution in [0.3, 0.4) is 0 Å². The van der Waals surface area contributed by atoms with Crippen LogP contribution in [0.25, 0.3) is 0 Å². The molecule has 0 aromatic carbocycles. The van der Waals surface area contributed by atoms with Gasteiger partial charge in [-0.25, -0.2) is 0 Å². The number of rotatable bonds is 21. The number of hydrogen-bond donors (Lipinski definition) is 0. The number of unbranched alkanes of at least 4 members (excludes halogenated alkanes) is 12. The standard InChI is InChI=1S/C25H49BrOSi/c1-4-7-23-28(24-8-5-2,25-9-6-3)27-22-20-18-16-14-12-10-11-13-15-17-19-21-26/h4-18,20,22-25H2,1-3H3. The Morgan fingerprint density at radius 2 is 1.04 bits per heavy atom. The van der Waals surface area contributed by atoms with Gasteiger partial charge in [0.2, 0.25) is 0 Å². The van der Waals surface area contributed by atoms with Crippen molar-refractivity contribution in [2.75, 3.05) is 6.61 Å². The summed E-state index contributed by atoms with van der Waals surface area (Å²) in [6, 6.07) is 4.22. The highest BCUT2D eigenvalue weighted by Crippen LogP contribution is 2.30. The smallest absolute Gasteiger partial charge is 0.192 e. The molecule has 3 heteroatoms. The van der Waals surface area contributed by atoms with Crippen molar-refractivity contribution in [2.24, 2.45) is 0 Å². The predicted octanol–water partition coefficient (Wildman–Crippen LogP) is 9.61. The highest BCUT2D eigenvalue weighted by Gasteiger charge is 2.32. The molecule has 0 aliphatic heterocycles. The quantitative estimate of drug-likeness (QED) is 0.0916. The Balaban J connectivity index is 3.87. The summed E-state index contributed by atoms with van der Waals surface area (Å²) in [5.74, 6) is 3.08. The van der Waals surface area contributed by atoms with Crippen LogP contribution in [0.5, 0.6) is 0 Å². The summed E-state index contributed by atoms with van der Waals surface area (Å²) in [7, 11) is -1.47. The van der Waals surface area contributed by atoms with Crippen LogP contribution in [-0.4, -0.2) is 14.9 Å².